The molecule has 0 aliphatic heterocycles. The zero-order valence-electron chi connectivity index (χ0n) is 18.8. The molecule has 9 heteroatoms. The largest absolute Gasteiger partial charge is 0.465 e. The monoisotopic (exact) mass is 479 g/mol. The number of carbonyl (C=O) groups is 1. The van der Waals surface area contributed by atoms with Crippen LogP contribution in [0.15, 0.2) is 61.4 Å². The maximum Gasteiger partial charge on any atom is 0.318 e. The van der Waals surface area contributed by atoms with Crippen LogP contribution in [0.2, 0.25) is 5.15 Å². The molecule has 1 aromatic carbocycles. The molecule has 34 heavy (non-hydrogen) atoms. The Labute approximate surface area is 201 Å². The highest BCUT2D eigenvalue weighted by atomic mass is 35.5. The lowest BCUT2D eigenvalue weighted by atomic mass is 9.83. The number of fused-ring (bicyclic) bond motifs is 1. The van der Waals surface area contributed by atoms with E-state index >= 15 is 0 Å². The third kappa shape index (κ3) is 4.28. The van der Waals surface area contributed by atoms with Crippen LogP contribution >= 0.6 is 11.6 Å². The number of carbonyl (C=O) groups excluding carboxylic acids is 1. The van der Waals surface area contributed by atoms with Gasteiger partial charge in [-0.2, -0.15) is 5.10 Å². The number of hydrogen-bond acceptors (Lipinski definition) is 6. The first kappa shape index (κ1) is 23.5. The Kier molecular flexibility index (Phi) is 6.70. The molecule has 1 unspecified atom stereocenters. The quantitative estimate of drug-likeness (QED) is 0.257. The smallest absolute Gasteiger partial charge is 0.318 e. The average molecular weight is 480 g/mol. The van der Waals surface area contributed by atoms with E-state index in [4.69, 9.17) is 16.3 Å². The van der Waals surface area contributed by atoms with E-state index < -0.39 is 11.4 Å². The molecule has 0 N–H and O–H groups in total. The summed E-state index contributed by atoms with van der Waals surface area (Å²) in [6.45, 7) is 7.60. The van der Waals surface area contributed by atoms with Crippen LogP contribution in [0, 0.1) is 5.82 Å². The predicted octanol–water partition coefficient (Wildman–Crippen LogP) is 5.13. The van der Waals surface area contributed by atoms with Gasteiger partial charge in [-0.25, -0.2) is 19.0 Å². The van der Waals surface area contributed by atoms with Crippen LogP contribution in [-0.2, 0) is 21.5 Å². The summed E-state index contributed by atoms with van der Waals surface area (Å²) in [4.78, 5) is 26.1. The van der Waals surface area contributed by atoms with Crippen molar-refractivity contribution in [3.63, 3.8) is 0 Å². The minimum absolute atomic E-state index is 0.0654. The lowest BCUT2D eigenvalue weighted by Crippen LogP contribution is -2.35. The summed E-state index contributed by atoms with van der Waals surface area (Å²) in [5.41, 5.74) is 1.13. The summed E-state index contributed by atoms with van der Waals surface area (Å²) < 4.78 is 21.1. The second-order valence-electron chi connectivity index (χ2n) is 7.91. The lowest BCUT2D eigenvalue weighted by molar-refractivity contribution is -0.149. The molecule has 0 saturated heterocycles. The second-order valence-corrected chi connectivity index (χ2v) is 8.27. The van der Waals surface area contributed by atoms with Gasteiger partial charge in [0, 0.05) is 17.1 Å². The van der Waals surface area contributed by atoms with Crippen LogP contribution in [0.5, 0.6) is 0 Å². The number of ether oxygens (including phenoxy) is 1. The highest BCUT2D eigenvalue weighted by Gasteiger charge is 2.39. The SMILES string of the molecule is C=CCC(C)(C(=O)OCC)c1ncc(-c2nn(Cc3ccccc3F)c3ncccc23)nc1Cl. The van der Waals surface area contributed by atoms with Crippen molar-refractivity contribution in [2.75, 3.05) is 6.61 Å². The van der Waals surface area contributed by atoms with Crippen LogP contribution in [0.4, 0.5) is 4.39 Å². The summed E-state index contributed by atoms with van der Waals surface area (Å²) in [6.07, 6.45) is 5.06. The number of aromatic nitrogens is 5. The van der Waals surface area contributed by atoms with Gasteiger partial charge in [0.25, 0.3) is 0 Å². The van der Waals surface area contributed by atoms with Gasteiger partial charge < -0.3 is 4.74 Å². The Morgan fingerprint density at radius 1 is 1.26 bits per heavy atom. The van der Waals surface area contributed by atoms with Crippen molar-refractivity contribution in [2.45, 2.75) is 32.2 Å². The molecule has 0 bridgehead atoms. The maximum absolute atomic E-state index is 14.3. The number of nitrogens with zero attached hydrogens (tertiary/aromatic N) is 5. The fraction of sp³-hybridized carbons (Fsp3) is 0.240. The third-order valence-electron chi connectivity index (χ3n) is 5.56. The number of esters is 1. The molecule has 0 fully saturated rings. The van der Waals surface area contributed by atoms with E-state index in [2.05, 4.69) is 26.6 Å². The van der Waals surface area contributed by atoms with Crippen molar-refractivity contribution in [2.24, 2.45) is 0 Å². The minimum Gasteiger partial charge on any atom is -0.465 e. The number of hydrogen-bond donors (Lipinski definition) is 0. The first-order chi connectivity index (χ1) is 16.4. The molecule has 0 saturated carbocycles. The Bertz CT molecular complexity index is 1370. The molecule has 0 radical (unpaired) electrons. The van der Waals surface area contributed by atoms with Crippen molar-refractivity contribution in [3.8, 4) is 11.4 Å². The molecule has 3 heterocycles. The molecule has 4 aromatic rings. The van der Waals surface area contributed by atoms with E-state index in [1.54, 1.807) is 55.1 Å². The predicted molar refractivity (Wildman–Crippen MR) is 128 cm³/mol. The van der Waals surface area contributed by atoms with Gasteiger partial charge in [0.15, 0.2) is 10.8 Å². The summed E-state index contributed by atoms with van der Waals surface area (Å²) in [5, 5.41) is 5.43. The molecule has 1 atom stereocenters. The molecule has 7 nitrogen and oxygen atoms in total. The molecule has 0 spiro atoms. The standard InChI is InChI=1S/C25H23ClFN5O2/c1-4-12-25(3,24(33)34-5-2)21-22(26)30-19(14-29-21)20-17-10-8-13-28-23(17)32(31-20)15-16-9-6-7-11-18(16)27/h4,6-11,13-14H,1,5,12,15H2,2-3H3. The number of pyridine rings is 1. The highest BCUT2D eigenvalue weighted by molar-refractivity contribution is 6.30. The van der Waals surface area contributed by atoms with Gasteiger partial charge in [0.05, 0.1) is 25.0 Å². The van der Waals surface area contributed by atoms with Crippen molar-refractivity contribution < 1.29 is 13.9 Å². The maximum atomic E-state index is 14.3. The zero-order valence-corrected chi connectivity index (χ0v) is 19.6. The van der Waals surface area contributed by atoms with Gasteiger partial charge in [0.1, 0.15) is 22.6 Å². The fourth-order valence-electron chi connectivity index (χ4n) is 3.80. The number of halogens is 2. The van der Waals surface area contributed by atoms with E-state index in [1.807, 2.05) is 6.07 Å². The fourth-order valence-corrected chi connectivity index (χ4v) is 4.15. The topological polar surface area (TPSA) is 82.8 Å². The molecule has 0 aliphatic carbocycles. The number of allylic oxidation sites excluding steroid dienone is 1. The first-order valence-electron chi connectivity index (χ1n) is 10.8. The summed E-state index contributed by atoms with van der Waals surface area (Å²) >= 11 is 6.54. The van der Waals surface area contributed by atoms with E-state index in [0.29, 0.717) is 28.3 Å². The van der Waals surface area contributed by atoms with Gasteiger partial charge in [-0.05, 0) is 38.5 Å². The van der Waals surface area contributed by atoms with Crippen molar-refractivity contribution in [3.05, 3.63) is 83.7 Å². The Morgan fingerprint density at radius 2 is 2.06 bits per heavy atom. The van der Waals surface area contributed by atoms with Crippen LogP contribution in [0.3, 0.4) is 0 Å². The van der Waals surface area contributed by atoms with Gasteiger partial charge >= 0.3 is 5.97 Å². The zero-order chi connectivity index (χ0) is 24.3. The van der Waals surface area contributed by atoms with Crippen molar-refractivity contribution in [1.82, 2.24) is 24.7 Å². The van der Waals surface area contributed by atoms with Crippen LogP contribution in [0.1, 0.15) is 31.5 Å². The van der Waals surface area contributed by atoms with E-state index in [1.165, 1.54) is 12.3 Å². The highest BCUT2D eigenvalue weighted by Crippen LogP contribution is 2.34. The van der Waals surface area contributed by atoms with Crippen LogP contribution in [-0.4, -0.2) is 37.3 Å². The Balaban J connectivity index is 1.78. The molecule has 0 aliphatic rings. The van der Waals surface area contributed by atoms with Gasteiger partial charge in [-0.15, -0.1) is 6.58 Å². The van der Waals surface area contributed by atoms with E-state index in [-0.39, 0.29) is 30.5 Å². The molecule has 0 amide bonds. The summed E-state index contributed by atoms with van der Waals surface area (Å²) in [7, 11) is 0. The lowest BCUT2D eigenvalue weighted by Gasteiger charge is -2.25. The molecular formula is C25H23ClFN5O2. The third-order valence-corrected chi connectivity index (χ3v) is 5.82. The summed E-state index contributed by atoms with van der Waals surface area (Å²) in [5.74, 6) is -0.779. The average Bonchev–Trinajstić information content (AvgIpc) is 3.19. The second kappa shape index (κ2) is 9.69. The molecule has 4 rings (SSSR count). The van der Waals surface area contributed by atoms with Crippen molar-refractivity contribution >= 4 is 28.6 Å². The Morgan fingerprint density at radius 3 is 2.76 bits per heavy atom. The normalized spacial score (nSPS) is 12.9. The number of benzene rings is 1. The van der Waals surface area contributed by atoms with Gasteiger partial charge in [-0.1, -0.05) is 35.9 Å². The van der Waals surface area contributed by atoms with Crippen molar-refractivity contribution in [1.29, 1.82) is 0 Å². The minimum atomic E-state index is -1.13. The molecular weight excluding hydrogens is 457 g/mol. The molecule has 3 aromatic heterocycles. The van der Waals surface area contributed by atoms with Crippen LogP contribution < -0.4 is 0 Å². The van der Waals surface area contributed by atoms with E-state index in [0.717, 1.165) is 5.39 Å². The number of rotatable bonds is 8. The molecule has 174 valence electrons. The summed E-state index contributed by atoms with van der Waals surface area (Å²) in [6, 6.07) is 10.2. The van der Waals surface area contributed by atoms with Crippen LogP contribution in [0.25, 0.3) is 22.4 Å². The van der Waals surface area contributed by atoms with Gasteiger partial charge in [-0.3, -0.25) is 9.78 Å². The van der Waals surface area contributed by atoms with Gasteiger partial charge in [0.2, 0.25) is 0 Å². The Hall–Kier alpha value is -3.65. The first-order valence-corrected chi connectivity index (χ1v) is 11.1. The van der Waals surface area contributed by atoms with E-state index in [9.17, 15) is 9.18 Å².